The van der Waals surface area contributed by atoms with Crippen LogP contribution in [0.5, 0.6) is 0 Å². The van der Waals surface area contributed by atoms with Crippen molar-refractivity contribution in [3.05, 3.63) is 23.6 Å². The van der Waals surface area contributed by atoms with Crippen molar-refractivity contribution in [3.63, 3.8) is 0 Å². The highest BCUT2D eigenvalue weighted by molar-refractivity contribution is 6.33. The van der Waals surface area contributed by atoms with Gasteiger partial charge in [-0.25, -0.2) is 9.97 Å². The second-order valence-corrected chi connectivity index (χ2v) is 8.50. The minimum Gasteiger partial charge on any atom is -0.361 e. The number of hydrogen-bond donors (Lipinski definition) is 1. The molecule has 170 valence electrons. The third-order valence-corrected chi connectivity index (χ3v) is 5.42. The summed E-state index contributed by atoms with van der Waals surface area (Å²) in [5.41, 5.74) is 0.488. The number of rotatable bonds is 17. The lowest BCUT2D eigenvalue weighted by Crippen LogP contribution is -2.18. The van der Waals surface area contributed by atoms with Crippen LogP contribution in [0.3, 0.4) is 0 Å². The molecule has 6 heteroatoms. The average Bonchev–Trinajstić information content (AvgIpc) is 2.72. The number of nitrogens with one attached hydrogen (secondary N) is 1. The summed E-state index contributed by atoms with van der Waals surface area (Å²) in [5.74, 6) is 0.584. The zero-order chi connectivity index (χ0) is 22.0. The van der Waals surface area contributed by atoms with Crippen LogP contribution in [0.4, 0.5) is 11.5 Å². The van der Waals surface area contributed by atoms with Gasteiger partial charge in [-0.3, -0.25) is 4.79 Å². The normalized spacial score (nSPS) is 11.2. The summed E-state index contributed by atoms with van der Waals surface area (Å²) in [6, 6.07) is 0. The fraction of sp³-hybridized carbons (Fsp3) is 0.708. The number of nitrogens with zero attached hydrogens (tertiary/aromatic N) is 3. The number of carbonyl (C=O) groups is 1. The van der Waals surface area contributed by atoms with Crippen LogP contribution in [0.15, 0.2) is 18.5 Å². The van der Waals surface area contributed by atoms with Crippen molar-refractivity contribution in [2.75, 3.05) is 24.3 Å². The Bertz CT molecular complexity index is 619. The summed E-state index contributed by atoms with van der Waals surface area (Å²) in [6.45, 7) is 2.26. The fourth-order valence-corrected chi connectivity index (χ4v) is 3.54. The zero-order valence-corrected chi connectivity index (χ0v) is 20.0. The highest BCUT2D eigenvalue weighted by Gasteiger charge is 2.14. The second-order valence-electron chi connectivity index (χ2n) is 8.14. The third kappa shape index (κ3) is 12.2. The SMILES string of the molecule is CCCCCCCC/C=C\CCCCCCCC(=O)Nc1c(Cl)ncnc1N(C)C. The lowest BCUT2D eigenvalue weighted by atomic mass is 10.1. The van der Waals surface area contributed by atoms with Crippen LogP contribution in [0.1, 0.15) is 96.8 Å². The maximum Gasteiger partial charge on any atom is 0.224 e. The van der Waals surface area contributed by atoms with E-state index in [1.807, 2.05) is 19.0 Å². The number of unbranched alkanes of at least 4 members (excludes halogenated alkanes) is 11. The van der Waals surface area contributed by atoms with Gasteiger partial charge in [0.2, 0.25) is 5.91 Å². The molecular formula is C24H41ClN4O. The number of halogens is 1. The van der Waals surface area contributed by atoms with Crippen LogP contribution < -0.4 is 10.2 Å². The molecule has 0 aromatic carbocycles. The molecule has 0 bridgehead atoms. The molecule has 0 aliphatic heterocycles. The summed E-state index contributed by atoms with van der Waals surface area (Å²) in [4.78, 5) is 22.2. The predicted octanol–water partition coefficient (Wildman–Crippen LogP) is 7.17. The van der Waals surface area contributed by atoms with Crippen molar-refractivity contribution in [2.45, 2.75) is 96.8 Å². The minimum absolute atomic E-state index is 0.0348. The van der Waals surface area contributed by atoms with E-state index in [2.05, 4.69) is 34.4 Å². The fourth-order valence-electron chi connectivity index (χ4n) is 3.36. The van der Waals surface area contributed by atoms with Crippen LogP contribution in [0.25, 0.3) is 0 Å². The number of amides is 1. The third-order valence-electron chi connectivity index (χ3n) is 5.13. The van der Waals surface area contributed by atoms with Crippen LogP contribution in [-0.4, -0.2) is 30.0 Å². The van der Waals surface area contributed by atoms with Crippen molar-refractivity contribution < 1.29 is 4.79 Å². The molecule has 0 aliphatic carbocycles. The van der Waals surface area contributed by atoms with E-state index in [0.717, 1.165) is 12.8 Å². The van der Waals surface area contributed by atoms with Crippen molar-refractivity contribution in [2.24, 2.45) is 0 Å². The Morgan fingerprint density at radius 1 is 0.933 bits per heavy atom. The molecule has 1 amide bonds. The van der Waals surface area contributed by atoms with Crippen molar-refractivity contribution in [1.82, 2.24) is 9.97 Å². The van der Waals surface area contributed by atoms with Gasteiger partial charge in [0.25, 0.3) is 0 Å². The summed E-state index contributed by atoms with van der Waals surface area (Å²) >= 11 is 6.12. The van der Waals surface area contributed by atoms with Gasteiger partial charge in [-0.2, -0.15) is 0 Å². The highest BCUT2D eigenvalue weighted by Crippen LogP contribution is 2.28. The van der Waals surface area contributed by atoms with Crippen molar-refractivity contribution in [1.29, 1.82) is 0 Å². The molecule has 1 aromatic rings. The van der Waals surface area contributed by atoms with Crippen molar-refractivity contribution in [3.8, 4) is 0 Å². The standard InChI is InChI=1S/C24H41ClN4O/c1-4-5-6-7-8-9-10-11-12-13-14-15-16-17-18-19-21(30)28-22-23(25)26-20-27-24(22)29(2)3/h11-12,20H,4-10,13-19H2,1-3H3,(H,28,30)/b12-11-. The lowest BCUT2D eigenvalue weighted by molar-refractivity contribution is -0.116. The van der Waals surface area contributed by atoms with Gasteiger partial charge < -0.3 is 10.2 Å². The molecule has 30 heavy (non-hydrogen) atoms. The molecular weight excluding hydrogens is 396 g/mol. The molecule has 0 aliphatic rings. The molecule has 5 nitrogen and oxygen atoms in total. The Morgan fingerprint density at radius 2 is 1.50 bits per heavy atom. The van der Waals surface area contributed by atoms with E-state index >= 15 is 0 Å². The molecule has 0 fully saturated rings. The first-order valence-electron chi connectivity index (χ1n) is 11.7. The maximum atomic E-state index is 12.2. The van der Waals surface area contributed by atoms with Crippen LogP contribution in [0.2, 0.25) is 5.15 Å². The summed E-state index contributed by atoms with van der Waals surface area (Å²) in [6.07, 6.45) is 22.8. The number of allylic oxidation sites excluding steroid dienone is 2. The molecule has 0 atom stereocenters. The molecule has 1 rings (SSSR count). The first kappa shape index (κ1) is 26.4. The highest BCUT2D eigenvalue weighted by atomic mass is 35.5. The molecule has 1 heterocycles. The van der Waals surface area contributed by atoms with E-state index in [-0.39, 0.29) is 11.1 Å². The Kier molecular flexibility index (Phi) is 15.1. The van der Waals surface area contributed by atoms with Gasteiger partial charge in [-0.1, -0.05) is 82.0 Å². The summed E-state index contributed by atoms with van der Waals surface area (Å²) in [5, 5.41) is 3.13. The monoisotopic (exact) mass is 436 g/mol. The Hall–Kier alpha value is -1.62. The Balaban J connectivity index is 2.03. The van der Waals surface area contributed by atoms with Gasteiger partial charge in [0.1, 0.15) is 12.0 Å². The Morgan fingerprint density at radius 3 is 2.10 bits per heavy atom. The first-order chi connectivity index (χ1) is 14.6. The topological polar surface area (TPSA) is 58.1 Å². The molecule has 0 saturated heterocycles. The minimum atomic E-state index is -0.0348. The maximum absolute atomic E-state index is 12.2. The van der Waals surface area contributed by atoms with E-state index in [9.17, 15) is 4.79 Å². The Labute approximate surface area is 188 Å². The molecule has 1 aromatic heterocycles. The van der Waals surface area contributed by atoms with Crippen LogP contribution in [0, 0.1) is 0 Å². The van der Waals surface area contributed by atoms with E-state index in [1.165, 1.54) is 77.0 Å². The lowest BCUT2D eigenvalue weighted by Gasteiger charge is -2.16. The summed E-state index contributed by atoms with van der Waals surface area (Å²) in [7, 11) is 3.72. The van der Waals surface area contributed by atoms with Gasteiger partial charge in [-0.05, 0) is 32.1 Å². The van der Waals surface area contributed by atoms with Crippen molar-refractivity contribution >= 4 is 29.0 Å². The van der Waals surface area contributed by atoms with E-state index in [4.69, 9.17) is 11.6 Å². The van der Waals surface area contributed by atoms with Gasteiger partial charge >= 0.3 is 0 Å². The van der Waals surface area contributed by atoms with Crippen LogP contribution in [-0.2, 0) is 4.79 Å². The van der Waals surface area contributed by atoms with Gasteiger partial charge in [-0.15, -0.1) is 0 Å². The van der Waals surface area contributed by atoms with E-state index in [1.54, 1.807) is 0 Å². The smallest absolute Gasteiger partial charge is 0.224 e. The van der Waals surface area contributed by atoms with Crippen LogP contribution >= 0.6 is 11.6 Å². The first-order valence-corrected chi connectivity index (χ1v) is 12.1. The molecule has 0 saturated carbocycles. The van der Waals surface area contributed by atoms with Gasteiger partial charge in [0, 0.05) is 20.5 Å². The van der Waals surface area contributed by atoms with Gasteiger partial charge in [0.05, 0.1) is 0 Å². The zero-order valence-electron chi connectivity index (χ0n) is 19.3. The second kappa shape index (κ2) is 17.1. The van der Waals surface area contributed by atoms with E-state index < -0.39 is 0 Å². The number of anilines is 2. The molecule has 0 spiro atoms. The largest absolute Gasteiger partial charge is 0.361 e. The predicted molar refractivity (Wildman–Crippen MR) is 129 cm³/mol. The number of hydrogen-bond acceptors (Lipinski definition) is 4. The average molecular weight is 437 g/mol. The number of carbonyl (C=O) groups excluding carboxylic acids is 1. The number of aromatic nitrogens is 2. The summed E-state index contributed by atoms with van der Waals surface area (Å²) < 4.78 is 0. The quantitative estimate of drug-likeness (QED) is 0.160. The van der Waals surface area contributed by atoms with E-state index in [0.29, 0.717) is 17.9 Å². The molecule has 0 unspecified atom stereocenters. The van der Waals surface area contributed by atoms with Gasteiger partial charge in [0.15, 0.2) is 11.0 Å². The molecule has 0 radical (unpaired) electrons. The molecule has 1 N–H and O–H groups in total.